The van der Waals surface area contributed by atoms with E-state index in [0.717, 1.165) is 29.9 Å². The number of hydrogen-bond acceptors (Lipinski definition) is 4. The Morgan fingerprint density at radius 3 is 2.52 bits per heavy atom. The molecule has 1 heterocycles. The fourth-order valence-corrected chi connectivity index (χ4v) is 2.55. The molecule has 2 rings (SSSR count). The van der Waals surface area contributed by atoms with Crippen LogP contribution in [0.2, 0.25) is 0 Å². The van der Waals surface area contributed by atoms with Gasteiger partial charge < -0.3 is 15.2 Å². The Morgan fingerprint density at radius 1 is 1.40 bits per heavy atom. The quantitative estimate of drug-likeness (QED) is 0.772. The van der Waals surface area contributed by atoms with Crippen molar-refractivity contribution in [1.82, 2.24) is 5.32 Å². The summed E-state index contributed by atoms with van der Waals surface area (Å²) in [5.74, 6) is -1.32. The van der Waals surface area contributed by atoms with Gasteiger partial charge in [0, 0.05) is 4.47 Å². The minimum Gasteiger partial charge on any atom is -0.492 e. The zero-order chi connectivity index (χ0) is 18.9. The first kappa shape index (κ1) is 21.3. The third-order valence-electron chi connectivity index (χ3n) is 3.55. The number of carboxylic acids is 1. The van der Waals surface area contributed by atoms with Gasteiger partial charge in [0.2, 0.25) is 0 Å². The molecule has 25 heavy (non-hydrogen) atoms. The van der Waals surface area contributed by atoms with Gasteiger partial charge in [-0.15, -0.1) is 0 Å². The number of nitriles is 1. The number of rotatable bonds is 4. The number of nitrogens with zero attached hydrogens (tertiary/aromatic N) is 1. The minimum atomic E-state index is -5.08. The number of ether oxygens (including phenoxy) is 1. The van der Waals surface area contributed by atoms with E-state index in [0.29, 0.717) is 17.9 Å². The topological polar surface area (TPSA) is 82.3 Å². The second-order valence-corrected chi connectivity index (χ2v) is 6.30. The lowest BCUT2D eigenvalue weighted by molar-refractivity contribution is -0.192. The third-order valence-corrected chi connectivity index (χ3v) is 4.04. The molecule has 1 aromatic rings. The predicted octanol–water partition coefficient (Wildman–Crippen LogP) is 3.72. The summed E-state index contributed by atoms with van der Waals surface area (Å²) in [6.45, 7) is 2.92. The van der Waals surface area contributed by atoms with Gasteiger partial charge in [0.25, 0.3) is 0 Å². The summed E-state index contributed by atoms with van der Waals surface area (Å²) in [6, 6.07) is 7.66. The van der Waals surface area contributed by atoms with Gasteiger partial charge in [0.05, 0.1) is 12.2 Å². The van der Waals surface area contributed by atoms with Gasteiger partial charge in [-0.2, -0.15) is 18.4 Å². The Hall–Kier alpha value is -1.79. The first-order valence-corrected chi connectivity index (χ1v) is 8.36. The molecule has 138 valence electrons. The van der Waals surface area contributed by atoms with Crippen LogP contribution in [0.4, 0.5) is 13.2 Å². The van der Waals surface area contributed by atoms with Crippen molar-refractivity contribution in [2.24, 2.45) is 5.92 Å². The maximum Gasteiger partial charge on any atom is 0.490 e. The number of carbonyl (C=O) groups is 1. The Balaban J connectivity index is 0.000000381. The van der Waals surface area contributed by atoms with E-state index in [1.54, 1.807) is 6.07 Å². The normalized spacial score (nSPS) is 14.8. The number of hydrogen-bond donors (Lipinski definition) is 2. The summed E-state index contributed by atoms with van der Waals surface area (Å²) >= 11 is 3.40. The van der Waals surface area contributed by atoms with E-state index in [2.05, 4.69) is 27.3 Å². The summed E-state index contributed by atoms with van der Waals surface area (Å²) in [7, 11) is 0. The lowest BCUT2D eigenvalue weighted by Crippen LogP contribution is -2.28. The van der Waals surface area contributed by atoms with Crippen molar-refractivity contribution < 1.29 is 27.8 Å². The summed E-state index contributed by atoms with van der Waals surface area (Å²) in [4.78, 5) is 8.90. The van der Waals surface area contributed by atoms with Crippen LogP contribution < -0.4 is 10.1 Å². The molecule has 1 fully saturated rings. The van der Waals surface area contributed by atoms with Crippen molar-refractivity contribution in [1.29, 1.82) is 5.26 Å². The molecule has 0 aliphatic carbocycles. The molecule has 0 spiro atoms. The van der Waals surface area contributed by atoms with E-state index < -0.39 is 12.1 Å². The van der Waals surface area contributed by atoms with E-state index >= 15 is 0 Å². The second-order valence-electron chi connectivity index (χ2n) is 5.39. The van der Waals surface area contributed by atoms with Gasteiger partial charge >= 0.3 is 12.1 Å². The maximum atomic E-state index is 10.6. The van der Waals surface area contributed by atoms with E-state index in [-0.39, 0.29) is 0 Å². The number of piperidine rings is 1. The third kappa shape index (κ3) is 8.23. The Morgan fingerprint density at radius 2 is 2.00 bits per heavy atom. The summed E-state index contributed by atoms with van der Waals surface area (Å²) in [6.07, 6.45) is -1.56. The fraction of sp³-hybridized carbons (Fsp3) is 0.500. The summed E-state index contributed by atoms with van der Waals surface area (Å²) in [5.41, 5.74) is 0.600. The molecule has 0 bridgehead atoms. The van der Waals surface area contributed by atoms with Crippen LogP contribution in [-0.2, 0) is 4.79 Å². The molecule has 0 unspecified atom stereocenters. The lowest BCUT2D eigenvalue weighted by Gasteiger charge is -2.22. The van der Waals surface area contributed by atoms with Gasteiger partial charge in [-0.05, 0) is 56.5 Å². The molecule has 0 atom stereocenters. The van der Waals surface area contributed by atoms with Crippen molar-refractivity contribution in [2.75, 3.05) is 19.7 Å². The van der Waals surface area contributed by atoms with Crippen molar-refractivity contribution in [3.63, 3.8) is 0 Å². The standard InChI is InChI=1S/C14H17BrN2O.C2HF3O2/c15-13-2-1-12(10-16)14(9-13)18-8-5-11-3-6-17-7-4-11;3-2(4,5)1(6)7/h1-2,9,11,17H,3-8H2;(H,6,7). The van der Waals surface area contributed by atoms with Gasteiger partial charge in [-0.25, -0.2) is 4.79 Å². The van der Waals surface area contributed by atoms with E-state index in [9.17, 15) is 13.2 Å². The molecule has 0 radical (unpaired) electrons. The first-order valence-electron chi connectivity index (χ1n) is 7.57. The van der Waals surface area contributed by atoms with Gasteiger partial charge in [0.15, 0.2) is 0 Å². The molecule has 1 saturated heterocycles. The van der Waals surface area contributed by atoms with Crippen LogP contribution in [0.15, 0.2) is 22.7 Å². The highest BCUT2D eigenvalue weighted by Gasteiger charge is 2.38. The van der Waals surface area contributed by atoms with Crippen LogP contribution in [0.1, 0.15) is 24.8 Å². The van der Waals surface area contributed by atoms with E-state index in [1.165, 1.54) is 12.8 Å². The molecule has 1 aromatic carbocycles. The molecule has 0 amide bonds. The zero-order valence-corrected chi connectivity index (χ0v) is 14.9. The molecule has 2 N–H and O–H groups in total. The van der Waals surface area contributed by atoms with Crippen molar-refractivity contribution in [3.8, 4) is 11.8 Å². The van der Waals surface area contributed by atoms with Crippen molar-refractivity contribution >= 4 is 21.9 Å². The molecule has 9 heteroatoms. The van der Waals surface area contributed by atoms with Crippen LogP contribution in [-0.4, -0.2) is 36.9 Å². The molecule has 0 saturated carbocycles. The summed E-state index contributed by atoms with van der Waals surface area (Å²) in [5, 5.41) is 19.5. The SMILES string of the molecule is N#Cc1ccc(Br)cc1OCCC1CCNCC1.O=C(O)C(F)(F)F. The Bertz CT molecular complexity index is 612. The van der Waals surface area contributed by atoms with E-state index in [1.807, 2.05) is 12.1 Å². The number of alkyl halides is 3. The Kier molecular flexibility index (Phi) is 8.72. The van der Waals surface area contributed by atoms with Gasteiger partial charge in [-0.3, -0.25) is 0 Å². The number of aliphatic carboxylic acids is 1. The van der Waals surface area contributed by atoms with Crippen molar-refractivity contribution in [2.45, 2.75) is 25.4 Å². The van der Waals surface area contributed by atoms with Crippen LogP contribution in [0.3, 0.4) is 0 Å². The van der Waals surface area contributed by atoms with Crippen LogP contribution in [0.5, 0.6) is 5.75 Å². The largest absolute Gasteiger partial charge is 0.492 e. The molecule has 1 aliphatic rings. The highest BCUT2D eigenvalue weighted by molar-refractivity contribution is 9.10. The van der Waals surface area contributed by atoms with Gasteiger partial charge in [0.1, 0.15) is 11.8 Å². The monoisotopic (exact) mass is 422 g/mol. The number of nitrogens with one attached hydrogen (secondary N) is 1. The van der Waals surface area contributed by atoms with Crippen LogP contribution >= 0.6 is 15.9 Å². The molecule has 1 aliphatic heterocycles. The number of halogens is 4. The molecular weight excluding hydrogens is 405 g/mol. The Labute approximate surface area is 151 Å². The lowest BCUT2D eigenvalue weighted by atomic mass is 9.95. The predicted molar refractivity (Wildman–Crippen MR) is 88.3 cm³/mol. The number of carboxylic acid groups (broad SMARTS) is 1. The average Bonchev–Trinajstić information content (AvgIpc) is 2.56. The highest BCUT2D eigenvalue weighted by Crippen LogP contribution is 2.24. The van der Waals surface area contributed by atoms with Crippen LogP contribution in [0, 0.1) is 17.2 Å². The smallest absolute Gasteiger partial charge is 0.490 e. The average molecular weight is 423 g/mol. The maximum absolute atomic E-state index is 10.6. The minimum absolute atomic E-state index is 0.600. The molecular formula is C16H18BrF3N2O3. The molecule has 5 nitrogen and oxygen atoms in total. The number of benzene rings is 1. The van der Waals surface area contributed by atoms with Gasteiger partial charge in [-0.1, -0.05) is 15.9 Å². The zero-order valence-electron chi connectivity index (χ0n) is 13.3. The second kappa shape index (κ2) is 10.3. The highest BCUT2D eigenvalue weighted by atomic mass is 79.9. The summed E-state index contributed by atoms with van der Waals surface area (Å²) < 4.78 is 38.4. The first-order chi connectivity index (χ1) is 11.7. The van der Waals surface area contributed by atoms with E-state index in [4.69, 9.17) is 19.9 Å². The van der Waals surface area contributed by atoms with Crippen LogP contribution in [0.25, 0.3) is 0 Å². The molecule has 0 aromatic heterocycles. The van der Waals surface area contributed by atoms with Crippen molar-refractivity contribution in [3.05, 3.63) is 28.2 Å². The fourth-order valence-electron chi connectivity index (χ4n) is 2.21.